The molecule has 0 aliphatic heterocycles. The van der Waals surface area contributed by atoms with E-state index >= 15 is 0 Å². The van der Waals surface area contributed by atoms with Gasteiger partial charge < -0.3 is 30.1 Å². The molecule has 0 aliphatic rings. The average Bonchev–Trinajstić information content (AvgIpc) is 2.95. The van der Waals surface area contributed by atoms with Crippen molar-refractivity contribution in [2.45, 2.75) is 14.7 Å². The topological polar surface area (TPSA) is 262 Å². The van der Waals surface area contributed by atoms with Gasteiger partial charge in [0.1, 0.15) is 30.4 Å². The molecule has 0 aliphatic carbocycles. The zero-order chi connectivity index (χ0) is 30.5. The van der Waals surface area contributed by atoms with Crippen LogP contribution in [0.2, 0.25) is 0 Å². The maximum atomic E-state index is 10.7. The van der Waals surface area contributed by atoms with Gasteiger partial charge in [-0.1, -0.05) is 91.0 Å². The van der Waals surface area contributed by atoms with E-state index in [0.29, 0.717) is 0 Å². The van der Waals surface area contributed by atoms with E-state index in [1.807, 2.05) is 36.4 Å². The Morgan fingerprint density at radius 3 is 0.702 bits per heavy atom. The molecule has 3 N–H and O–H groups in total. The second-order valence-corrected chi connectivity index (χ2v) is 13.0. The Hall–Kier alpha value is -3.23. The summed E-state index contributed by atoms with van der Waals surface area (Å²) in [7, 11) is -13.0. The molecule has 0 heterocycles. The van der Waals surface area contributed by atoms with Crippen LogP contribution in [0.5, 0.6) is 0 Å². The summed E-state index contributed by atoms with van der Waals surface area (Å²) in [6.07, 6.45) is 0. The van der Waals surface area contributed by atoms with Gasteiger partial charge in [-0.3, -0.25) is 0 Å². The van der Waals surface area contributed by atoms with Crippen LogP contribution < -0.4 is 0 Å². The molecule has 6 aromatic rings. The molecule has 0 aromatic heterocycles. The monoisotopic (exact) mass is 726 g/mol. The van der Waals surface area contributed by atoms with E-state index in [4.69, 9.17) is 0 Å². The molecule has 0 atom stereocenters. The molecule has 0 saturated heterocycles. The molecule has 0 radical (unpaired) electrons. The van der Waals surface area contributed by atoms with E-state index in [9.17, 15) is 38.9 Å². The van der Waals surface area contributed by atoms with Crippen LogP contribution in [0.3, 0.4) is 0 Å². The minimum Gasteiger partial charge on any atom is -0.870 e. The SMILES string of the molecule is O=S(=O)([O-])c1ccc2ccccc2c1.O=S(=O)([O-])c1ccc2ccccc2c1.O=S(=O)([O-])c1ccc2ccccc2c1.[Al+3].[Al+3].[OH-].[OH-].[OH-]. The first kappa shape index (κ1) is 45.9. The Morgan fingerprint density at radius 1 is 0.319 bits per heavy atom. The molecule has 6 aromatic carbocycles. The maximum absolute atomic E-state index is 10.7. The van der Waals surface area contributed by atoms with Gasteiger partial charge in [-0.05, 0) is 68.7 Å². The van der Waals surface area contributed by atoms with Crippen LogP contribution in [-0.2, 0) is 30.4 Å². The van der Waals surface area contributed by atoms with E-state index in [-0.39, 0.29) is 65.8 Å². The number of rotatable bonds is 3. The molecule has 0 saturated carbocycles. The second-order valence-electron chi connectivity index (χ2n) is 8.89. The number of hydrogen-bond acceptors (Lipinski definition) is 12. The van der Waals surface area contributed by atoms with E-state index < -0.39 is 30.4 Å². The van der Waals surface area contributed by atoms with Crippen LogP contribution in [0, 0.1) is 0 Å². The predicted molar refractivity (Wildman–Crippen MR) is 173 cm³/mol. The quantitative estimate of drug-likeness (QED) is 0.185. The van der Waals surface area contributed by atoms with Gasteiger partial charge in [0.05, 0.1) is 14.7 Å². The Bertz CT molecular complexity index is 1990. The largest absolute Gasteiger partial charge is 3.00 e. The van der Waals surface area contributed by atoms with Gasteiger partial charge in [0.25, 0.3) is 0 Å². The van der Waals surface area contributed by atoms with Gasteiger partial charge >= 0.3 is 34.7 Å². The van der Waals surface area contributed by atoms with Gasteiger partial charge in [-0.25, -0.2) is 25.3 Å². The fourth-order valence-electron chi connectivity index (χ4n) is 3.97. The molecule has 240 valence electrons. The van der Waals surface area contributed by atoms with Gasteiger partial charge in [0.2, 0.25) is 0 Å². The zero-order valence-corrected chi connectivity index (χ0v) is 28.8. The van der Waals surface area contributed by atoms with Crippen LogP contribution in [0.25, 0.3) is 32.3 Å². The standard InChI is InChI=1S/3C10H8O3S.2Al.3H2O/c3*11-14(12,13)10-6-5-8-3-1-2-4-9(8)7-10;;;;;/h3*1-7H,(H,11,12,13);;;3*1H2/q;;;2*+3;;;/p-6. The number of fused-ring (bicyclic) bond motifs is 3. The third-order valence-corrected chi connectivity index (χ3v) is 8.52. The first-order chi connectivity index (χ1) is 19.7. The third-order valence-electron chi connectivity index (χ3n) is 6.03. The van der Waals surface area contributed by atoms with E-state index in [0.717, 1.165) is 32.3 Å². The minimum absolute atomic E-state index is 0. The molecule has 0 spiro atoms. The normalized spacial score (nSPS) is 10.5. The smallest absolute Gasteiger partial charge is 0.870 e. The predicted octanol–water partition coefficient (Wildman–Crippen LogP) is 3.94. The average molecular weight is 727 g/mol. The summed E-state index contributed by atoms with van der Waals surface area (Å²) in [6, 6.07) is 34.8. The van der Waals surface area contributed by atoms with E-state index in [1.165, 1.54) is 36.4 Å². The summed E-state index contributed by atoms with van der Waals surface area (Å²) in [5, 5.41) is 5.01. The van der Waals surface area contributed by atoms with Crippen LogP contribution in [0.15, 0.2) is 142 Å². The second kappa shape index (κ2) is 18.9. The molecule has 47 heavy (non-hydrogen) atoms. The molecular formula is C30H24Al2O12S3. The van der Waals surface area contributed by atoms with E-state index in [1.54, 1.807) is 54.6 Å². The van der Waals surface area contributed by atoms with Crippen molar-refractivity contribution in [3.8, 4) is 0 Å². The summed E-state index contributed by atoms with van der Waals surface area (Å²) in [5.41, 5.74) is 0. The summed E-state index contributed by atoms with van der Waals surface area (Å²) in [6.45, 7) is 0. The first-order valence-electron chi connectivity index (χ1n) is 12.1. The molecule has 0 bridgehead atoms. The van der Waals surface area contributed by atoms with Crippen LogP contribution in [-0.4, -0.2) is 90.1 Å². The van der Waals surface area contributed by atoms with Crippen molar-refractivity contribution < 1.29 is 55.3 Å². The summed E-state index contributed by atoms with van der Waals surface area (Å²) >= 11 is 0. The summed E-state index contributed by atoms with van der Waals surface area (Å²) < 4.78 is 96.5. The third kappa shape index (κ3) is 12.7. The van der Waals surface area contributed by atoms with Crippen molar-refractivity contribution in [2.24, 2.45) is 0 Å². The Labute approximate surface area is 293 Å². The molecule has 0 fully saturated rings. The van der Waals surface area contributed by atoms with Crippen LogP contribution in [0.1, 0.15) is 0 Å². The minimum atomic E-state index is -4.34. The molecule has 0 amide bonds. The fraction of sp³-hybridized carbons (Fsp3) is 0. The van der Waals surface area contributed by atoms with Crippen molar-refractivity contribution in [1.82, 2.24) is 0 Å². The van der Waals surface area contributed by atoms with Crippen molar-refractivity contribution in [1.29, 1.82) is 0 Å². The van der Waals surface area contributed by atoms with Crippen molar-refractivity contribution >= 4 is 97.4 Å². The number of hydrogen-bond donors (Lipinski definition) is 0. The molecular weight excluding hydrogens is 702 g/mol. The first-order valence-corrected chi connectivity index (χ1v) is 16.3. The maximum Gasteiger partial charge on any atom is 3.00 e. The Balaban J connectivity index is 0. The molecule has 0 unspecified atom stereocenters. The van der Waals surface area contributed by atoms with Gasteiger partial charge in [0.15, 0.2) is 0 Å². The van der Waals surface area contributed by atoms with Gasteiger partial charge in [-0.2, -0.15) is 0 Å². The van der Waals surface area contributed by atoms with E-state index in [2.05, 4.69) is 0 Å². The van der Waals surface area contributed by atoms with Crippen molar-refractivity contribution in [3.05, 3.63) is 127 Å². The Morgan fingerprint density at radius 2 is 0.511 bits per heavy atom. The van der Waals surface area contributed by atoms with Gasteiger partial charge in [-0.15, -0.1) is 0 Å². The Kier molecular flexibility index (Phi) is 18.5. The molecule has 12 nitrogen and oxygen atoms in total. The molecule has 6 rings (SSSR count). The van der Waals surface area contributed by atoms with Crippen LogP contribution >= 0.6 is 0 Å². The van der Waals surface area contributed by atoms with Gasteiger partial charge in [0, 0.05) is 0 Å². The zero-order valence-electron chi connectivity index (χ0n) is 24.0. The fourth-order valence-corrected chi connectivity index (χ4v) is 5.49. The molecule has 17 heteroatoms. The summed E-state index contributed by atoms with van der Waals surface area (Å²) in [4.78, 5) is -0.552. The van der Waals surface area contributed by atoms with Crippen molar-refractivity contribution in [3.63, 3.8) is 0 Å². The van der Waals surface area contributed by atoms with Crippen molar-refractivity contribution in [2.75, 3.05) is 0 Å². The number of benzene rings is 6. The van der Waals surface area contributed by atoms with Crippen LogP contribution in [0.4, 0.5) is 0 Å². The summed E-state index contributed by atoms with van der Waals surface area (Å²) in [5.74, 6) is 0.